The number of aromatic nitrogens is 4. The predicted octanol–water partition coefficient (Wildman–Crippen LogP) is 4.26. The Kier molecular flexibility index (Phi) is 5.38. The Morgan fingerprint density at radius 3 is 2.80 bits per heavy atom. The first-order chi connectivity index (χ1) is 14.8. The van der Waals surface area contributed by atoms with Crippen LogP contribution in [0.15, 0.2) is 70.7 Å². The maximum Gasteiger partial charge on any atom is 0.258 e. The minimum atomic E-state index is -0.108. The van der Waals surface area contributed by atoms with Gasteiger partial charge in [-0.25, -0.2) is 9.97 Å². The number of aromatic amines is 1. The SMILES string of the molecule is O=c1[nH]c(CSc2ncc(-c3ccccc3)n2CC2CCCO2)nc2ccccc12. The van der Waals surface area contributed by atoms with Gasteiger partial charge in [0, 0.05) is 6.61 Å². The normalized spacial score (nSPS) is 16.3. The Bertz CT molecular complexity index is 1210. The van der Waals surface area contributed by atoms with Crippen molar-refractivity contribution in [2.45, 2.75) is 36.4 Å². The van der Waals surface area contributed by atoms with Gasteiger partial charge in [-0.05, 0) is 30.5 Å². The summed E-state index contributed by atoms with van der Waals surface area (Å²) < 4.78 is 8.11. The molecule has 0 amide bonds. The van der Waals surface area contributed by atoms with Crippen LogP contribution in [0.5, 0.6) is 0 Å². The minimum absolute atomic E-state index is 0.108. The summed E-state index contributed by atoms with van der Waals surface area (Å²) in [7, 11) is 0. The van der Waals surface area contributed by atoms with Gasteiger partial charge in [0.2, 0.25) is 0 Å². The monoisotopic (exact) mass is 418 g/mol. The van der Waals surface area contributed by atoms with E-state index in [9.17, 15) is 4.79 Å². The minimum Gasteiger partial charge on any atom is -0.376 e. The number of ether oxygens (including phenoxy) is 1. The van der Waals surface area contributed by atoms with Crippen molar-refractivity contribution in [2.75, 3.05) is 6.61 Å². The van der Waals surface area contributed by atoms with Crippen LogP contribution in [0.25, 0.3) is 22.2 Å². The van der Waals surface area contributed by atoms with Crippen molar-refractivity contribution in [3.63, 3.8) is 0 Å². The maximum atomic E-state index is 12.4. The van der Waals surface area contributed by atoms with Gasteiger partial charge in [-0.2, -0.15) is 0 Å². The van der Waals surface area contributed by atoms with Crippen molar-refractivity contribution in [1.82, 2.24) is 19.5 Å². The highest BCUT2D eigenvalue weighted by Gasteiger charge is 2.21. The average molecular weight is 419 g/mol. The van der Waals surface area contributed by atoms with Gasteiger partial charge in [0.15, 0.2) is 5.16 Å². The van der Waals surface area contributed by atoms with Crippen LogP contribution in [0, 0.1) is 0 Å². The molecule has 1 atom stereocenters. The number of rotatable bonds is 6. The van der Waals surface area contributed by atoms with Gasteiger partial charge in [0.25, 0.3) is 5.56 Å². The second kappa shape index (κ2) is 8.45. The number of hydrogen-bond acceptors (Lipinski definition) is 5. The van der Waals surface area contributed by atoms with Crippen LogP contribution in [-0.2, 0) is 17.0 Å². The van der Waals surface area contributed by atoms with Gasteiger partial charge in [0.05, 0.1) is 41.2 Å². The van der Waals surface area contributed by atoms with Crippen LogP contribution >= 0.6 is 11.8 Å². The number of thioether (sulfide) groups is 1. The Hall–Kier alpha value is -2.90. The molecule has 1 aliphatic rings. The van der Waals surface area contributed by atoms with E-state index < -0.39 is 0 Å². The summed E-state index contributed by atoms with van der Waals surface area (Å²) in [4.78, 5) is 24.6. The molecule has 152 valence electrons. The second-order valence-electron chi connectivity index (χ2n) is 7.36. The fourth-order valence-electron chi connectivity index (χ4n) is 3.82. The molecule has 0 bridgehead atoms. The topological polar surface area (TPSA) is 72.8 Å². The largest absolute Gasteiger partial charge is 0.376 e. The third kappa shape index (κ3) is 3.91. The van der Waals surface area contributed by atoms with E-state index in [1.54, 1.807) is 17.8 Å². The lowest BCUT2D eigenvalue weighted by atomic mass is 10.1. The zero-order valence-electron chi connectivity index (χ0n) is 16.5. The molecule has 1 saturated heterocycles. The van der Waals surface area contributed by atoms with Crippen LogP contribution < -0.4 is 5.56 Å². The van der Waals surface area contributed by atoms with E-state index in [0.29, 0.717) is 22.5 Å². The Labute approximate surface area is 178 Å². The Morgan fingerprint density at radius 1 is 1.13 bits per heavy atom. The number of nitrogens with zero attached hydrogens (tertiary/aromatic N) is 3. The molecule has 5 rings (SSSR count). The lowest BCUT2D eigenvalue weighted by Crippen LogP contribution is -2.16. The van der Waals surface area contributed by atoms with E-state index >= 15 is 0 Å². The maximum absolute atomic E-state index is 12.4. The van der Waals surface area contributed by atoms with Crippen molar-refractivity contribution in [2.24, 2.45) is 0 Å². The van der Waals surface area contributed by atoms with Crippen LogP contribution in [-0.4, -0.2) is 32.2 Å². The molecule has 30 heavy (non-hydrogen) atoms. The van der Waals surface area contributed by atoms with Crippen molar-refractivity contribution < 1.29 is 4.74 Å². The van der Waals surface area contributed by atoms with Gasteiger partial charge in [0.1, 0.15) is 5.82 Å². The van der Waals surface area contributed by atoms with Gasteiger partial charge < -0.3 is 14.3 Å². The highest BCUT2D eigenvalue weighted by Crippen LogP contribution is 2.29. The summed E-state index contributed by atoms with van der Waals surface area (Å²) in [5.74, 6) is 1.19. The first kappa shape index (κ1) is 19.1. The fraction of sp³-hybridized carbons (Fsp3) is 0.261. The molecule has 0 saturated carbocycles. The van der Waals surface area contributed by atoms with E-state index in [1.165, 1.54) is 0 Å². The Balaban J connectivity index is 1.44. The number of nitrogens with one attached hydrogen (secondary N) is 1. The first-order valence-electron chi connectivity index (χ1n) is 10.1. The highest BCUT2D eigenvalue weighted by molar-refractivity contribution is 7.98. The van der Waals surface area contributed by atoms with Gasteiger partial charge in [-0.3, -0.25) is 4.79 Å². The van der Waals surface area contributed by atoms with E-state index in [4.69, 9.17) is 4.74 Å². The summed E-state index contributed by atoms with van der Waals surface area (Å²) in [6, 6.07) is 17.7. The standard InChI is InChI=1S/C23H22N4O2S/c28-22-18-10-4-5-11-19(18)25-21(26-22)15-30-23-24-13-20(16-7-2-1-3-8-16)27(23)14-17-9-6-12-29-17/h1-5,7-8,10-11,13,17H,6,9,12,14-15H2,(H,25,26,28). The van der Waals surface area contributed by atoms with E-state index in [2.05, 4.69) is 31.7 Å². The number of benzene rings is 2. The summed E-state index contributed by atoms with van der Waals surface area (Å²) in [5.41, 5.74) is 2.81. The molecule has 4 aromatic rings. The third-order valence-corrected chi connectivity index (χ3v) is 6.30. The summed E-state index contributed by atoms with van der Waals surface area (Å²) in [5, 5.41) is 1.51. The zero-order chi connectivity index (χ0) is 20.3. The van der Waals surface area contributed by atoms with Crippen molar-refractivity contribution in [3.8, 4) is 11.3 Å². The molecule has 7 heteroatoms. The summed E-state index contributed by atoms with van der Waals surface area (Å²) in [6.07, 6.45) is 4.30. The van der Waals surface area contributed by atoms with Crippen molar-refractivity contribution >= 4 is 22.7 Å². The molecule has 1 fully saturated rings. The number of H-pyrrole nitrogens is 1. The van der Waals surface area contributed by atoms with Crippen LogP contribution in [0.1, 0.15) is 18.7 Å². The number of fused-ring (bicyclic) bond motifs is 1. The molecule has 2 aromatic heterocycles. The number of para-hydroxylation sites is 1. The van der Waals surface area contributed by atoms with Crippen molar-refractivity contribution in [3.05, 3.63) is 77.0 Å². The van der Waals surface area contributed by atoms with E-state index in [1.807, 2.05) is 42.6 Å². The molecule has 0 aliphatic carbocycles. The van der Waals surface area contributed by atoms with Crippen LogP contribution in [0.3, 0.4) is 0 Å². The lowest BCUT2D eigenvalue weighted by Gasteiger charge is -2.16. The second-order valence-corrected chi connectivity index (χ2v) is 8.30. The quantitative estimate of drug-likeness (QED) is 0.474. The molecule has 3 heterocycles. The van der Waals surface area contributed by atoms with Crippen molar-refractivity contribution in [1.29, 1.82) is 0 Å². The van der Waals surface area contributed by atoms with Gasteiger partial charge >= 0.3 is 0 Å². The molecular weight excluding hydrogens is 396 g/mol. The molecule has 1 unspecified atom stereocenters. The highest BCUT2D eigenvalue weighted by atomic mass is 32.2. The van der Waals surface area contributed by atoms with Crippen LogP contribution in [0.2, 0.25) is 0 Å². The number of imidazole rings is 1. The molecule has 0 spiro atoms. The Morgan fingerprint density at radius 2 is 1.97 bits per heavy atom. The summed E-state index contributed by atoms with van der Waals surface area (Å²) >= 11 is 1.58. The predicted molar refractivity (Wildman–Crippen MR) is 119 cm³/mol. The van der Waals surface area contributed by atoms with E-state index in [-0.39, 0.29) is 11.7 Å². The fourth-order valence-corrected chi connectivity index (χ4v) is 4.68. The van der Waals surface area contributed by atoms with Crippen LogP contribution in [0.4, 0.5) is 0 Å². The molecule has 1 N–H and O–H groups in total. The zero-order valence-corrected chi connectivity index (χ0v) is 17.3. The van der Waals surface area contributed by atoms with E-state index in [0.717, 1.165) is 42.4 Å². The summed E-state index contributed by atoms with van der Waals surface area (Å²) in [6.45, 7) is 1.60. The van der Waals surface area contributed by atoms with Gasteiger partial charge in [-0.1, -0.05) is 54.2 Å². The molecular formula is C23H22N4O2S. The molecule has 6 nitrogen and oxygen atoms in total. The molecule has 0 radical (unpaired) electrons. The smallest absolute Gasteiger partial charge is 0.258 e. The number of hydrogen-bond donors (Lipinski definition) is 1. The average Bonchev–Trinajstić information content (AvgIpc) is 3.43. The first-order valence-corrected chi connectivity index (χ1v) is 11.1. The molecule has 1 aliphatic heterocycles. The van der Waals surface area contributed by atoms with Gasteiger partial charge in [-0.15, -0.1) is 0 Å². The third-order valence-electron chi connectivity index (χ3n) is 5.30. The lowest BCUT2D eigenvalue weighted by molar-refractivity contribution is 0.0954. The molecule has 2 aromatic carbocycles.